The molecule has 2 N–H and O–H groups in total. The van der Waals surface area contributed by atoms with Gasteiger partial charge in [0.2, 0.25) is 0 Å². The lowest BCUT2D eigenvalue weighted by Gasteiger charge is -2.39. The quantitative estimate of drug-likeness (QED) is 0.822. The van der Waals surface area contributed by atoms with Crippen molar-refractivity contribution < 1.29 is 4.39 Å². The first-order valence-corrected chi connectivity index (χ1v) is 7.07. The molecule has 1 aromatic rings. The molecular formula is C16H27FN2. The van der Waals surface area contributed by atoms with Gasteiger partial charge in [-0.15, -0.1) is 0 Å². The Morgan fingerprint density at radius 3 is 2.53 bits per heavy atom. The largest absolute Gasteiger partial charge is 0.329 e. The number of nitrogens with zero attached hydrogens (tertiary/aromatic N) is 1. The molecule has 0 bridgehead atoms. The van der Waals surface area contributed by atoms with E-state index in [9.17, 15) is 4.39 Å². The second-order valence-electron chi connectivity index (χ2n) is 5.86. The highest BCUT2D eigenvalue weighted by Crippen LogP contribution is 2.22. The standard InChI is InChI=1S/C16H27FN2/c1-5-13(2)11-19(4)16(3,12-18)10-14-8-6-7-9-15(14)17/h6-9,13H,5,10-12,18H2,1-4H3. The molecule has 1 aromatic carbocycles. The van der Waals surface area contributed by atoms with E-state index in [-0.39, 0.29) is 11.4 Å². The highest BCUT2D eigenvalue weighted by Gasteiger charge is 2.29. The second-order valence-corrected chi connectivity index (χ2v) is 5.86. The van der Waals surface area contributed by atoms with E-state index in [0.717, 1.165) is 18.5 Å². The van der Waals surface area contributed by atoms with E-state index < -0.39 is 0 Å². The molecule has 0 saturated carbocycles. The average Bonchev–Trinajstić information content (AvgIpc) is 2.40. The Morgan fingerprint density at radius 2 is 2.00 bits per heavy atom. The second kappa shape index (κ2) is 7.01. The van der Waals surface area contributed by atoms with E-state index in [0.29, 0.717) is 18.9 Å². The van der Waals surface area contributed by atoms with E-state index in [2.05, 4.69) is 32.7 Å². The van der Waals surface area contributed by atoms with Crippen LogP contribution >= 0.6 is 0 Å². The third-order valence-electron chi connectivity index (χ3n) is 4.17. The van der Waals surface area contributed by atoms with Crippen molar-refractivity contribution >= 4 is 0 Å². The van der Waals surface area contributed by atoms with Crippen molar-refractivity contribution in [2.45, 2.75) is 39.2 Å². The van der Waals surface area contributed by atoms with Crippen LogP contribution in [0.2, 0.25) is 0 Å². The Labute approximate surface area is 116 Å². The predicted octanol–water partition coefficient (Wildman–Crippen LogP) is 3.06. The van der Waals surface area contributed by atoms with Gasteiger partial charge in [0.15, 0.2) is 0 Å². The SMILES string of the molecule is CCC(C)CN(C)C(C)(CN)Cc1ccccc1F. The Balaban J connectivity index is 2.82. The Kier molecular flexibility index (Phi) is 5.95. The molecule has 0 aliphatic rings. The summed E-state index contributed by atoms with van der Waals surface area (Å²) in [7, 11) is 2.08. The van der Waals surface area contributed by atoms with E-state index in [1.807, 2.05) is 12.1 Å². The number of likely N-dealkylation sites (N-methyl/N-ethyl adjacent to an activating group) is 1. The van der Waals surface area contributed by atoms with Gasteiger partial charge in [-0.3, -0.25) is 4.90 Å². The molecule has 0 fully saturated rings. The maximum absolute atomic E-state index is 13.8. The molecule has 2 unspecified atom stereocenters. The van der Waals surface area contributed by atoms with Crippen LogP contribution in [0, 0.1) is 11.7 Å². The minimum absolute atomic E-state index is 0.140. The van der Waals surface area contributed by atoms with Crippen LogP contribution in [0.25, 0.3) is 0 Å². The lowest BCUT2D eigenvalue weighted by molar-refractivity contribution is 0.123. The summed E-state index contributed by atoms with van der Waals surface area (Å²) < 4.78 is 13.8. The minimum Gasteiger partial charge on any atom is -0.329 e. The van der Waals surface area contributed by atoms with E-state index in [1.165, 1.54) is 6.07 Å². The maximum Gasteiger partial charge on any atom is 0.126 e. The fraction of sp³-hybridized carbons (Fsp3) is 0.625. The molecular weight excluding hydrogens is 239 g/mol. The van der Waals surface area contributed by atoms with Crippen LogP contribution in [0.15, 0.2) is 24.3 Å². The molecule has 1 rings (SSSR count). The van der Waals surface area contributed by atoms with Crippen LogP contribution in [0.3, 0.4) is 0 Å². The summed E-state index contributed by atoms with van der Waals surface area (Å²) in [6.45, 7) is 8.04. The molecule has 0 amide bonds. The van der Waals surface area contributed by atoms with Gasteiger partial charge in [0.05, 0.1) is 0 Å². The predicted molar refractivity (Wildman–Crippen MR) is 79.6 cm³/mol. The van der Waals surface area contributed by atoms with Crippen LogP contribution in [0.4, 0.5) is 4.39 Å². The lowest BCUT2D eigenvalue weighted by atomic mass is 9.90. The number of halogens is 1. The van der Waals surface area contributed by atoms with E-state index in [4.69, 9.17) is 5.73 Å². The van der Waals surface area contributed by atoms with Crippen LogP contribution in [-0.2, 0) is 6.42 Å². The van der Waals surface area contributed by atoms with Gasteiger partial charge in [-0.05, 0) is 37.9 Å². The maximum atomic E-state index is 13.8. The highest BCUT2D eigenvalue weighted by atomic mass is 19.1. The van der Waals surface area contributed by atoms with Crippen molar-refractivity contribution in [3.63, 3.8) is 0 Å². The molecule has 0 saturated heterocycles. The number of benzene rings is 1. The van der Waals surface area contributed by atoms with Gasteiger partial charge >= 0.3 is 0 Å². The number of hydrogen-bond acceptors (Lipinski definition) is 2. The molecule has 108 valence electrons. The Bertz CT molecular complexity index is 394. The zero-order chi connectivity index (χ0) is 14.5. The molecule has 3 heteroatoms. The summed E-state index contributed by atoms with van der Waals surface area (Å²) in [5.41, 5.74) is 6.50. The van der Waals surface area contributed by atoms with Gasteiger partial charge in [0, 0.05) is 18.6 Å². The summed E-state index contributed by atoms with van der Waals surface area (Å²) in [5.74, 6) is 0.482. The normalized spacial score (nSPS) is 16.4. The van der Waals surface area contributed by atoms with Gasteiger partial charge in [-0.25, -0.2) is 4.39 Å². The van der Waals surface area contributed by atoms with Crippen molar-refractivity contribution in [3.05, 3.63) is 35.6 Å². The van der Waals surface area contributed by atoms with Crippen molar-refractivity contribution in [2.75, 3.05) is 20.1 Å². The molecule has 0 spiro atoms. The summed E-state index contributed by atoms with van der Waals surface area (Å²) in [6, 6.07) is 6.97. The van der Waals surface area contributed by atoms with Crippen LogP contribution in [0.1, 0.15) is 32.8 Å². The molecule has 0 aliphatic carbocycles. The van der Waals surface area contributed by atoms with E-state index >= 15 is 0 Å². The van der Waals surface area contributed by atoms with Crippen molar-refractivity contribution in [3.8, 4) is 0 Å². The fourth-order valence-electron chi connectivity index (χ4n) is 2.23. The van der Waals surface area contributed by atoms with Crippen molar-refractivity contribution in [1.82, 2.24) is 4.90 Å². The summed E-state index contributed by atoms with van der Waals surface area (Å²) in [4.78, 5) is 2.27. The minimum atomic E-state index is -0.203. The van der Waals surface area contributed by atoms with Gasteiger partial charge in [-0.1, -0.05) is 38.5 Å². The summed E-state index contributed by atoms with van der Waals surface area (Å²) in [6.07, 6.45) is 1.79. The monoisotopic (exact) mass is 266 g/mol. The fourth-order valence-corrected chi connectivity index (χ4v) is 2.23. The first kappa shape index (κ1) is 16.1. The molecule has 19 heavy (non-hydrogen) atoms. The van der Waals surface area contributed by atoms with E-state index in [1.54, 1.807) is 6.07 Å². The van der Waals surface area contributed by atoms with Crippen molar-refractivity contribution in [2.24, 2.45) is 11.7 Å². The number of nitrogens with two attached hydrogens (primary N) is 1. The first-order chi connectivity index (χ1) is 8.92. The number of rotatable bonds is 7. The van der Waals surface area contributed by atoms with Crippen molar-refractivity contribution in [1.29, 1.82) is 0 Å². The zero-order valence-electron chi connectivity index (χ0n) is 12.6. The smallest absolute Gasteiger partial charge is 0.126 e. The number of hydrogen-bond donors (Lipinski definition) is 1. The van der Waals surface area contributed by atoms with Gasteiger partial charge in [0.25, 0.3) is 0 Å². The highest BCUT2D eigenvalue weighted by molar-refractivity contribution is 5.20. The molecule has 0 heterocycles. The van der Waals surface area contributed by atoms with Crippen LogP contribution < -0.4 is 5.73 Å². The zero-order valence-corrected chi connectivity index (χ0v) is 12.6. The first-order valence-electron chi connectivity index (χ1n) is 7.07. The molecule has 0 radical (unpaired) electrons. The van der Waals surface area contributed by atoms with Crippen LogP contribution in [-0.4, -0.2) is 30.6 Å². The molecule has 0 aliphatic heterocycles. The lowest BCUT2D eigenvalue weighted by Crippen LogP contribution is -2.52. The van der Waals surface area contributed by atoms with Gasteiger partial charge in [-0.2, -0.15) is 0 Å². The molecule has 2 nitrogen and oxygen atoms in total. The van der Waals surface area contributed by atoms with Gasteiger partial charge < -0.3 is 5.73 Å². The van der Waals surface area contributed by atoms with Crippen LogP contribution in [0.5, 0.6) is 0 Å². The molecule has 2 atom stereocenters. The third kappa shape index (κ3) is 4.29. The molecule has 0 aromatic heterocycles. The summed E-state index contributed by atoms with van der Waals surface area (Å²) >= 11 is 0. The third-order valence-corrected chi connectivity index (χ3v) is 4.17. The van der Waals surface area contributed by atoms with Gasteiger partial charge in [0.1, 0.15) is 5.82 Å². The average molecular weight is 266 g/mol. The summed E-state index contributed by atoms with van der Waals surface area (Å²) in [5, 5.41) is 0. The topological polar surface area (TPSA) is 29.3 Å². The Morgan fingerprint density at radius 1 is 1.37 bits per heavy atom. The Hall–Kier alpha value is -0.930.